The van der Waals surface area contributed by atoms with Crippen LogP contribution in [-0.4, -0.2) is 25.1 Å². The van der Waals surface area contributed by atoms with E-state index >= 15 is 0 Å². The van der Waals surface area contributed by atoms with Crippen molar-refractivity contribution in [2.24, 2.45) is 0 Å². The van der Waals surface area contributed by atoms with Gasteiger partial charge in [0.05, 0.1) is 0 Å². The predicted octanol–water partition coefficient (Wildman–Crippen LogP) is 1.75. The van der Waals surface area contributed by atoms with Gasteiger partial charge in [-0.1, -0.05) is 0 Å². The Morgan fingerprint density at radius 2 is 1.92 bits per heavy atom. The molecule has 0 amide bonds. The van der Waals surface area contributed by atoms with Crippen LogP contribution < -0.4 is 4.52 Å². The fourth-order valence-electron chi connectivity index (χ4n) is 0.746. The molecule has 1 aliphatic heterocycles. The molecule has 1 aromatic carbocycles. The van der Waals surface area contributed by atoms with Crippen LogP contribution in [0.4, 0.5) is 0 Å². The summed E-state index contributed by atoms with van der Waals surface area (Å²) in [5.41, 5.74) is 0. The third kappa shape index (κ3) is 1.88. The average molecular weight is 379 g/mol. The maximum atomic E-state index is 11.2. The van der Waals surface area contributed by atoms with Gasteiger partial charge in [0.1, 0.15) is 0 Å². The van der Waals surface area contributed by atoms with E-state index in [9.17, 15) is 4.57 Å². The normalized spacial score (nSPS) is 19.7. The zero-order valence-electron chi connectivity index (χ0n) is 5.97. The molecule has 0 aliphatic carbocycles. The molecule has 0 atom stereocenters. The molecule has 1 aliphatic rings. The van der Waals surface area contributed by atoms with E-state index in [2.05, 4.69) is 0 Å². The molecule has 4 nitrogen and oxygen atoms in total. The van der Waals surface area contributed by atoms with E-state index < -0.39 is 33.0 Å². The van der Waals surface area contributed by atoms with Crippen LogP contribution >= 0.6 is 7.82 Å². The van der Waals surface area contributed by atoms with Crippen LogP contribution in [0.3, 0.4) is 0 Å². The number of benzene rings is 1. The van der Waals surface area contributed by atoms with E-state index in [1.165, 1.54) is 0 Å². The van der Waals surface area contributed by atoms with Gasteiger partial charge >= 0.3 is 83.1 Å². The Morgan fingerprint density at radius 1 is 1.25 bits per heavy atom. The van der Waals surface area contributed by atoms with Crippen molar-refractivity contribution < 1.29 is 14.0 Å². The van der Waals surface area contributed by atoms with E-state index in [0.29, 0.717) is 5.75 Å². The molecule has 2 rings (SSSR count). The second-order valence-corrected chi connectivity index (χ2v) is 8.47. The molecule has 1 heterocycles. The number of hydrogen-bond acceptors (Lipinski definition) is 4. The first-order valence-electron chi connectivity index (χ1n) is 3.25. The Bertz CT molecular complexity index is 307. The standard InChI is InChI=1S/C6H7O4P.Pb/c7-11(8,9)10-6-4-2-1-3-5-6;/h1-5H,(H2,7,8,9);/q;+2/p-2. The van der Waals surface area contributed by atoms with E-state index in [-0.39, 0.29) is 0 Å². The molecule has 1 fully saturated rings. The summed E-state index contributed by atoms with van der Waals surface area (Å²) in [6.07, 6.45) is 0. The summed E-state index contributed by atoms with van der Waals surface area (Å²) < 4.78 is 25.9. The molecule has 0 spiro atoms. The quantitative estimate of drug-likeness (QED) is 0.580. The third-order valence-electron chi connectivity index (χ3n) is 1.26. The zero-order valence-corrected chi connectivity index (χ0v) is 10.7. The summed E-state index contributed by atoms with van der Waals surface area (Å²) in [7, 11) is -3.13. The molecule has 12 heavy (non-hydrogen) atoms. The summed E-state index contributed by atoms with van der Waals surface area (Å²) in [4.78, 5) is 0. The Hall–Kier alpha value is 0.0921. The fourth-order valence-corrected chi connectivity index (χ4v) is 4.55. The van der Waals surface area contributed by atoms with Crippen molar-refractivity contribution in [1.29, 1.82) is 0 Å². The third-order valence-corrected chi connectivity index (χ3v) is 9.24. The molecule has 0 unspecified atom stereocenters. The van der Waals surface area contributed by atoms with Crippen molar-refractivity contribution in [3.63, 3.8) is 0 Å². The molecule has 0 bridgehead atoms. The first kappa shape index (κ1) is 8.68. The van der Waals surface area contributed by atoms with Gasteiger partial charge in [-0.15, -0.1) is 0 Å². The summed E-state index contributed by atoms with van der Waals surface area (Å²) in [6.45, 7) is 0. The molecule has 0 aromatic heterocycles. The van der Waals surface area contributed by atoms with Gasteiger partial charge in [-0.05, 0) is 0 Å². The Morgan fingerprint density at radius 3 is 2.42 bits per heavy atom. The minimum absolute atomic E-state index is 0.518. The molecule has 62 valence electrons. The molecular formula is C6H5O4PPb. The number of para-hydroxylation sites is 1. The summed E-state index contributed by atoms with van der Waals surface area (Å²) in [5.74, 6) is 0.518. The molecule has 1 saturated heterocycles. The van der Waals surface area contributed by atoms with E-state index in [4.69, 9.17) is 9.47 Å². The SMILES string of the molecule is O=P1(Oc2ccccc2)[O][Pb][O]1. The van der Waals surface area contributed by atoms with Gasteiger partial charge in [0.15, 0.2) is 0 Å². The number of rotatable bonds is 2. The van der Waals surface area contributed by atoms with Crippen molar-refractivity contribution in [2.45, 2.75) is 0 Å². The molecule has 0 saturated carbocycles. The van der Waals surface area contributed by atoms with Gasteiger partial charge < -0.3 is 0 Å². The zero-order chi connectivity index (χ0) is 8.44. The Balaban J connectivity index is 2.09. The van der Waals surface area contributed by atoms with Crippen LogP contribution in [0, 0.1) is 0 Å². The Labute approximate surface area is 83.0 Å². The van der Waals surface area contributed by atoms with Crippen LogP contribution in [-0.2, 0) is 9.51 Å². The second kappa shape index (κ2) is 3.45. The number of phosphoric acid groups is 1. The molecule has 2 radical (unpaired) electrons. The van der Waals surface area contributed by atoms with Crippen molar-refractivity contribution in [2.75, 3.05) is 0 Å². The van der Waals surface area contributed by atoms with Crippen molar-refractivity contribution in [1.82, 2.24) is 0 Å². The molecular weight excluding hydrogens is 374 g/mol. The molecule has 0 N–H and O–H groups in total. The monoisotopic (exact) mass is 380 g/mol. The van der Waals surface area contributed by atoms with E-state index in [1.807, 2.05) is 6.07 Å². The van der Waals surface area contributed by atoms with Gasteiger partial charge in [0, 0.05) is 0 Å². The van der Waals surface area contributed by atoms with E-state index in [0.717, 1.165) is 0 Å². The molecule has 6 heteroatoms. The summed E-state index contributed by atoms with van der Waals surface area (Å²) in [5, 5.41) is 0. The summed E-state index contributed by atoms with van der Waals surface area (Å²) in [6, 6.07) is 8.85. The first-order valence-corrected chi connectivity index (χ1v) is 7.89. The minimum atomic E-state index is -3.13. The predicted molar refractivity (Wildman–Crippen MR) is 42.6 cm³/mol. The van der Waals surface area contributed by atoms with Gasteiger partial charge in [-0.3, -0.25) is 0 Å². The van der Waals surface area contributed by atoms with Crippen molar-refractivity contribution in [3.05, 3.63) is 30.3 Å². The van der Waals surface area contributed by atoms with Gasteiger partial charge in [0.2, 0.25) is 0 Å². The Kier molecular flexibility index (Phi) is 2.50. The van der Waals surface area contributed by atoms with E-state index in [1.54, 1.807) is 24.3 Å². The van der Waals surface area contributed by atoms with Crippen LogP contribution in [0.2, 0.25) is 0 Å². The first-order chi connectivity index (χ1) is 5.79. The van der Waals surface area contributed by atoms with Crippen LogP contribution in [0.5, 0.6) is 5.75 Å². The van der Waals surface area contributed by atoms with Gasteiger partial charge in [-0.25, -0.2) is 0 Å². The number of hydrogen-bond donors (Lipinski definition) is 0. The topological polar surface area (TPSA) is 44.8 Å². The van der Waals surface area contributed by atoms with Crippen molar-refractivity contribution >= 4 is 33.0 Å². The maximum absolute atomic E-state index is 11.2. The van der Waals surface area contributed by atoms with Gasteiger partial charge in [-0.2, -0.15) is 0 Å². The van der Waals surface area contributed by atoms with Crippen LogP contribution in [0.15, 0.2) is 30.3 Å². The average Bonchev–Trinajstić information content (AvgIpc) is 2.04. The molecule has 1 aromatic rings. The summed E-state index contributed by atoms with van der Waals surface area (Å²) >= 11 is -1.42. The second-order valence-electron chi connectivity index (χ2n) is 2.12. The van der Waals surface area contributed by atoms with Crippen LogP contribution in [0.1, 0.15) is 0 Å². The van der Waals surface area contributed by atoms with Crippen LogP contribution in [0.25, 0.3) is 0 Å². The van der Waals surface area contributed by atoms with Crippen molar-refractivity contribution in [3.8, 4) is 5.75 Å². The van der Waals surface area contributed by atoms with Gasteiger partial charge in [0.25, 0.3) is 0 Å². The fraction of sp³-hybridized carbons (Fsp3) is 0.